The molecule has 0 N–H and O–H groups in total. The number of aromatic nitrogens is 4. The van der Waals surface area contributed by atoms with Gasteiger partial charge in [-0.1, -0.05) is 5.21 Å². The Kier molecular flexibility index (Phi) is 3.42. The second-order valence-corrected chi connectivity index (χ2v) is 4.94. The van der Waals surface area contributed by atoms with Crippen LogP contribution in [0.15, 0.2) is 0 Å². The summed E-state index contributed by atoms with van der Waals surface area (Å²) in [7, 11) is 1.34. The summed E-state index contributed by atoms with van der Waals surface area (Å²) in [5.41, 5.74) is 1.80. The molecule has 0 aliphatic rings. The molecule has 0 amide bonds. The van der Waals surface area contributed by atoms with Crippen LogP contribution in [0.25, 0.3) is 10.6 Å². The first kappa shape index (κ1) is 12.7. The highest BCUT2D eigenvalue weighted by Gasteiger charge is 2.24. The Hall–Kier alpha value is -1.76. The van der Waals surface area contributed by atoms with Crippen LogP contribution in [-0.2, 0) is 11.3 Å². The number of esters is 1. The largest absolute Gasteiger partial charge is 0.464 e. The Morgan fingerprint density at radius 2 is 2.17 bits per heavy atom. The molecule has 0 aromatic carbocycles. The SMILES string of the molecule is CCn1nnc(C(=O)OC)c1-c1sc(C)nc1C. The lowest BCUT2D eigenvalue weighted by Crippen LogP contribution is -2.05. The van der Waals surface area contributed by atoms with Gasteiger partial charge in [-0.2, -0.15) is 0 Å². The van der Waals surface area contributed by atoms with Gasteiger partial charge in [0.25, 0.3) is 0 Å². The van der Waals surface area contributed by atoms with Gasteiger partial charge in [0.05, 0.1) is 22.7 Å². The minimum atomic E-state index is -0.477. The number of ether oxygens (including phenoxy) is 1. The summed E-state index contributed by atoms with van der Waals surface area (Å²) in [4.78, 5) is 17.0. The molecule has 0 saturated heterocycles. The fourth-order valence-electron chi connectivity index (χ4n) is 1.74. The van der Waals surface area contributed by atoms with Gasteiger partial charge in [0, 0.05) is 6.54 Å². The molecule has 7 heteroatoms. The lowest BCUT2D eigenvalue weighted by molar-refractivity contribution is 0.0595. The van der Waals surface area contributed by atoms with Gasteiger partial charge in [-0.15, -0.1) is 16.4 Å². The third-order valence-electron chi connectivity index (χ3n) is 2.53. The van der Waals surface area contributed by atoms with Crippen molar-refractivity contribution in [1.29, 1.82) is 0 Å². The maximum atomic E-state index is 11.7. The molecule has 0 aliphatic heterocycles. The third kappa shape index (κ3) is 2.01. The Morgan fingerprint density at radius 1 is 1.44 bits per heavy atom. The molecule has 96 valence electrons. The number of methoxy groups -OCH3 is 1. The molecule has 0 saturated carbocycles. The summed E-state index contributed by atoms with van der Waals surface area (Å²) in [6.45, 7) is 6.42. The van der Waals surface area contributed by atoms with Gasteiger partial charge >= 0.3 is 5.97 Å². The molecule has 0 atom stereocenters. The number of aryl methyl sites for hydroxylation is 3. The Bertz CT molecular complexity index is 588. The van der Waals surface area contributed by atoms with E-state index in [0.717, 1.165) is 15.6 Å². The van der Waals surface area contributed by atoms with Gasteiger partial charge in [0.1, 0.15) is 5.69 Å². The van der Waals surface area contributed by atoms with Crippen LogP contribution >= 0.6 is 11.3 Å². The van der Waals surface area contributed by atoms with Crippen molar-refractivity contribution >= 4 is 17.3 Å². The normalized spacial score (nSPS) is 10.7. The van der Waals surface area contributed by atoms with Gasteiger partial charge in [-0.25, -0.2) is 14.5 Å². The summed E-state index contributed by atoms with van der Waals surface area (Å²) in [5, 5.41) is 8.82. The standard InChI is InChI=1S/C11H14N4O2S/c1-5-15-9(8(13-14-15)11(16)17-4)10-6(2)12-7(3)18-10/h5H2,1-4H3. The first-order chi connectivity index (χ1) is 8.58. The van der Waals surface area contributed by atoms with Gasteiger partial charge in [0.2, 0.25) is 0 Å². The molecule has 0 spiro atoms. The highest BCUT2D eigenvalue weighted by atomic mass is 32.1. The second-order valence-electron chi connectivity index (χ2n) is 3.74. The number of nitrogens with zero attached hydrogens (tertiary/aromatic N) is 4. The molecular formula is C11H14N4O2S. The summed E-state index contributed by atoms with van der Waals surface area (Å²) in [6.07, 6.45) is 0. The summed E-state index contributed by atoms with van der Waals surface area (Å²) in [5.74, 6) is -0.477. The average Bonchev–Trinajstić information content (AvgIpc) is 2.90. The highest BCUT2D eigenvalue weighted by Crippen LogP contribution is 2.31. The van der Waals surface area contributed by atoms with E-state index in [1.165, 1.54) is 18.4 Å². The van der Waals surface area contributed by atoms with Crippen LogP contribution in [-0.4, -0.2) is 33.1 Å². The van der Waals surface area contributed by atoms with E-state index in [-0.39, 0.29) is 5.69 Å². The molecule has 2 rings (SSSR count). The predicted octanol–water partition coefficient (Wildman–Crippen LogP) is 1.82. The summed E-state index contributed by atoms with van der Waals surface area (Å²) >= 11 is 1.52. The lowest BCUT2D eigenvalue weighted by atomic mass is 10.2. The van der Waals surface area contributed by atoms with E-state index in [1.54, 1.807) is 4.68 Å². The minimum absolute atomic E-state index is 0.242. The van der Waals surface area contributed by atoms with E-state index in [1.807, 2.05) is 20.8 Å². The van der Waals surface area contributed by atoms with Crippen molar-refractivity contribution in [2.24, 2.45) is 0 Å². The van der Waals surface area contributed by atoms with E-state index < -0.39 is 5.97 Å². The molecule has 6 nitrogen and oxygen atoms in total. The highest BCUT2D eigenvalue weighted by molar-refractivity contribution is 7.15. The van der Waals surface area contributed by atoms with E-state index in [9.17, 15) is 4.79 Å². The fourth-order valence-corrected chi connectivity index (χ4v) is 2.71. The zero-order valence-electron chi connectivity index (χ0n) is 10.7. The Labute approximate surface area is 109 Å². The average molecular weight is 266 g/mol. The van der Waals surface area contributed by atoms with Crippen molar-refractivity contribution < 1.29 is 9.53 Å². The Morgan fingerprint density at radius 3 is 2.67 bits per heavy atom. The number of hydrogen-bond donors (Lipinski definition) is 0. The molecular weight excluding hydrogens is 252 g/mol. The lowest BCUT2D eigenvalue weighted by Gasteiger charge is -2.03. The molecule has 0 aliphatic carbocycles. The smallest absolute Gasteiger partial charge is 0.360 e. The van der Waals surface area contributed by atoms with E-state index >= 15 is 0 Å². The monoisotopic (exact) mass is 266 g/mol. The summed E-state index contributed by atoms with van der Waals surface area (Å²) < 4.78 is 6.42. The molecule has 0 unspecified atom stereocenters. The first-order valence-corrected chi connectivity index (χ1v) is 6.36. The van der Waals surface area contributed by atoms with Crippen molar-refractivity contribution in [2.75, 3.05) is 7.11 Å². The number of carbonyl (C=O) groups is 1. The van der Waals surface area contributed by atoms with Crippen molar-refractivity contribution in [2.45, 2.75) is 27.3 Å². The quantitative estimate of drug-likeness (QED) is 0.793. The Balaban J connectivity index is 2.64. The van der Waals surface area contributed by atoms with E-state index in [4.69, 9.17) is 4.74 Å². The minimum Gasteiger partial charge on any atom is -0.464 e. The predicted molar refractivity (Wildman–Crippen MR) is 67.6 cm³/mol. The van der Waals surface area contributed by atoms with Crippen molar-refractivity contribution in [3.8, 4) is 10.6 Å². The van der Waals surface area contributed by atoms with Crippen LogP contribution in [0.5, 0.6) is 0 Å². The second kappa shape index (κ2) is 4.85. The van der Waals surface area contributed by atoms with E-state index in [2.05, 4.69) is 15.3 Å². The third-order valence-corrected chi connectivity index (χ3v) is 3.61. The molecule has 2 aromatic heterocycles. The van der Waals surface area contributed by atoms with Crippen molar-refractivity contribution in [1.82, 2.24) is 20.0 Å². The fraction of sp³-hybridized carbons (Fsp3) is 0.455. The molecule has 2 aromatic rings. The molecule has 18 heavy (non-hydrogen) atoms. The van der Waals surface area contributed by atoms with Gasteiger partial charge in [-0.3, -0.25) is 0 Å². The van der Waals surface area contributed by atoms with Gasteiger partial charge in [0.15, 0.2) is 5.69 Å². The number of rotatable bonds is 3. The summed E-state index contributed by atoms with van der Waals surface area (Å²) in [6, 6.07) is 0. The maximum Gasteiger partial charge on any atom is 0.360 e. The molecule has 0 bridgehead atoms. The zero-order chi connectivity index (χ0) is 13.3. The number of hydrogen-bond acceptors (Lipinski definition) is 6. The van der Waals surface area contributed by atoms with Crippen LogP contribution in [0.3, 0.4) is 0 Å². The molecule has 0 radical (unpaired) electrons. The molecule has 0 fully saturated rings. The van der Waals surface area contributed by atoms with Crippen LogP contribution in [0.4, 0.5) is 0 Å². The van der Waals surface area contributed by atoms with Crippen LogP contribution < -0.4 is 0 Å². The molecule has 2 heterocycles. The van der Waals surface area contributed by atoms with E-state index in [0.29, 0.717) is 12.2 Å². The van der Waals surface area contributed by atoms with Crippen molar-refractivity contribution in [3.05, 3.63) is 16.4 Å². The van der Waals surface area contributed by atoms with Gasteiger partial charge in [-0.05, 0) is 20.8 Å². The topological polar surface area (TPSA) is 69.9 Å². The van der Waals surface area contributed by atoms with Crippen LogP contribution in [0.1, 0.15) is 28.1 Å². The van der Waals surface area contributed by atoms with Crippen molar-refractivity contribution in [3.63, 3.8) is 0 Å². The zero-order valence-corrected chi connectivity index (χ0v) is 11.5. The van der Waals surface area contributed by atoms with Crippen LogP contribution in [0, 0.1) is 13.8 Å². The number of carbonyl (C=O) groups excluding carboxylic acids is 1. The van der Waals surface area contributed by atoms with Crippen LogP contribution in [0.2, 0.25) is 0 Å². The van der Waals surface area contributed by atoms with Gasteiger partial charge < -0.3 is 4.74 Å². The number of thiazole rings is 1. The maximum absolute atomic E-state index is 11.7. The first-order valence-electron chi connectivity index (χ1n) is 5.54.